The van der Waals surface area contributed by atoms with Crippen LogP contribution in [0.15, 0.2) is 40.0 Å². The van der Waals surface area contributed by atoms with Gasteiger partial charge in [0.2, 0.25) is 3.79 Å². The molecule has 2 rings (SSSR count). The van der Waals surface area contributed by atoms with Crippen LogP contribution in [0.5, 0.6) is 0 Å². The summed E-state index contributed by atoms with van der Waals surface area (Å²) in [6.07, 6.45) is 1.30. The summed E-state index contributed by atoms with van der Waals surface area (Å²) >= 11 is 17.5. The summed E-state index contributed by atoms with van der Waals surface area (Å²) < 4.78 is 4.02. The molecule has 6 nitrogen and oxygen atoms in total. The lowest BCUT2D eigenvalue weighted by atomic mass is 10.4. The van der Waals surface area contributed by atoms with E-state index < -0.39 is 21.4 Å². The Balaban J connectivity index is 2.36. The highest BCUT2D eigenvalue weighted by Gasteiger charge is 2.36. The first-order valence-corrected chi connectivity index (χ1v) is 6.88. The van der Waals surface area contributed by atoms with E-state index in [1.54, 1.807) is 13.0 Å². The maximum absolute atomic E-state index is 12.0. The van der Waals surface area contributed by atoms with Gasteiger partial charge in [-0.25, -0.2) is 4.98 Å². The fraction of sp³-hybridized carbons (Fsp3) is 0.250. The summed E-state index contributed by atoms with van der Waals surface area (Å²) in [7, 11) is 0. The molecule has 0 aliphatic heterocycles. The Bertz CT molecular complexity index is 692. The van der Waals surface area contributed by atoms with Crippen LogP contribution >= 0.6 is 34.8 Å². The van der Waals surface area contributed by atoms with Gasteiger partial charge in [-0.2, -0.15) is 0 Å². The molecule has 0 bridgehead atoms. The number of halogens is 3. The molecule has 1 atom stereocenters. The second kappa shape index (κ2) is 6.09. The molecule has 0 spiro atoms. The van der Waals surface area contributed by atoms with Crippen molar-refractivity contribution in [1.29, 1.82) is 0 Å². The van der Waals surface area contributed by atoms with Crippen molar-refractivity contribution >= 4 is 40.7 Å². The first-order chi connectivity index (χ1) is 9.79. The molecule has 1 amide bonds. The summed E-state index contributed by atoms with van der Waals surface area (Å²) in [4.78, 5) is 27.9. The molecule has 2 aromatic rings. The first-order valence-electron chi connectivity index (χ1n) is 5.75. The van der Waals surface area contributed by atoms with Crippen LogP contribution in [-0.2, 0) is 0 Å². The lowest BCUT2D eigenvalue weighted by molar-refractivity contribution is 0.0891. The van der Waals surface area contributed by atoms with Crippen molar-refractivity contribution in [3.05, 3.63) is 52.6 Å². The summed E-state index contributed by atoms with van der Waals surface area (Å²) in [5, 5.41) is 2.43. The molecule has 21 heavy (non-hydrogen) atoms. The third-order valence-electron chi connectivity index (χ3n) is 2.57. The van der Waals surface area contributed by atoms with E-state index in [0.717, 1.165) is 4.57 Å². The van der Waals surface area contributed by atoms with E-state index in [4.69, 9.17) is 39.2 Å². The van der Waals surface area contributed by atoms with Gasteiger partial charge in [0.15, 0.2) is 11.9 Å². The predicted molar refractivity (Wildman–Crippen MR) is 78.7 cm³/mol. The van der Waals surface area contributed by atoms with Crippen molar-refractivity contribution in [3.8, 4) is 0 Å². The third kappa shape index (κ3) is 3.78. The summed E-state index contributed by atoms with van der Waals surface area (Å²) in [5.74, 6) is -0.592. The van der Waals surface area contributed by atoms with E-state index in [0.29, 0.717) is 5.69 Å². The highest BCUT2D eigenvalue weighted by atomic mass is 35.6. The second-order valence-electron chi connectivity index (χ2n) is 4.17. The van der Waals surface area contributed by atoms with Gasteiger partial charge in [-0.1, -0.05) is 34.8 Å². The molecule has 0 radical (unpaired) electrons. The normalized spacial score (nSPS) is 13.0. The molecule has 2 aromatic heterocycles. The minimum atomic E-state index is -1.96. The molecule has 9 heteroatoms. The van der Waals surface area contributed by atoms with Crippen molar-refractivity contribution in [2.24, 2.45) is 0 Å². The molecule has 0 aromatic carbocycles. The minimum absolute atomic E-state index is 0.0300. The standard InChI is InChI=1S/C12H10Cl3N3O3/c1-7-5-9(19)18(6-16-7)11(12(13,14)15)17-10(20)8-3-2-4-21-8/h2-6,11H,1H3,(H,17,20)/t11-/m0/s1. The van der Waals surface area contributed by atoms with Crippen LogP contribution < -0.4 is 10.9 Å². The largest absolute Gasteiger partial charge is 0.459 e. The Morgan fingerprint density at radius 1 is 1.48 bits per heavy atom. The molecular weight excluding hydrogens is 341 g/mol. The van der Waals surface area contributed by atoms with E-state index in [9.17, 15) is 9.59 Å². The van der Waals surface area contributed by atoms with Gasteiger partial charge in [0.05, 0.1) is 12.6 Å². The molecule has 0 fully saturated rings. The SMILES string of the molecule is Cc1cc(=O)n([C@H](NC(=O)c2ccco2)C(Cl)(Cl)Cl)cn1. The average molecular weight is 351 g/mol. The van der Waals surface area contributed by atoms with Crippen LogP contribution in [0.4, 0.5) is 0 Å². The quantitative estimate of drug-likeness (QED) is 0.863. The fourth-order valence-electron chi connectivity index (χ4n) is 1.61. The summed E-state index contributed by atoms with van der Waals surface area (Å²) in [6, 6.07) is 4.25. The Morgan fingerprint density at radius 3 is 2.71 bits per heavy atom. The van der Waals surface area contributed by atoms with Gasteiger partial charge in [-0.05, 0) is 19.1 Å². The molecule has 0 aliphatic rings. The molecule has 1 N–H and O–H groups in total. The number of nitrogens with zero attached hydrogens (tertiary/aromatic N) is 2. The number of furan rings is 1. The average Bonchev–Trinajstić information content (AvgIpc) is 2.89. The number of amides is 1. The predicted octanol–water partition coefficient (Wildman–Crippen LogP) is 2.44. The number of aryl methyl sites for hydroxylation is 1. The maximum atomic E-state index is 12.0. The van der Waals surface area contributed by atoms with Crippen molar-refractivity contribution in [2.45, 2.75) is 16.9 Å². The zero-order valence-corrected chi connectivity index (χ0v) is 13.0. The Labute approximate surface area is 134 Å². The zero-order valence-electron chi connectivity index (χ0n) is 10.7. The van der Waals surface area contributed by atoms with Crippen LogP contribution in [0.1, 0.15) is 22.4 Å². The lowest BCUT2D eigenvalue weighted by Crippen LogP contribution is -2.44. The van der Waals surface area contributed by atoms with Crippen molar-refractivity contribution in [1.82, 2.24) is 14.9 Å². The van der Waals surface area contributed by atoms with Crippen LogP contribution in [0.25, 0.3) is 0 Å². The molecule has 0 saturated carbocycles. The number of alkyl halides is 3. The van der Waals surface area contributed by atoms with E-state index in [-0.39, 0.29) is 5.76 Å². The van der Waals surface area contributed by atoms with Crippen LogP contribution in [0.3, 0.4) is 0 Å². The van der Waals surface area contributed by atoms with Gasteiger partial charge in [-0.3, -0.25) is 14.2 Å². The van der Waals surface area contributed by atoms with E-state index >= 15 is 0 Å². The van der Waals surface area contributed by atoms with Crippen LogP contribution in [-0.4, -0.2) is 19.3 Å². The topological polar surface area (TPSA) is 77.1 Å². The fourth-order valence-corrected chi connectivity index (χ4v) is 2.09. The molecule has 0 unspecified atom stereocenters. The smallest absolute Gasteiger partial charge is 0.288 e. The molecular formula is C12H10Cl3N3O3. The number of hydrogen-bond donors (Lipinski definition) is 1. The van der Waals surface area contributed by atoms with E-state index in [2.05, 4.69) is 10.3 Å². The number of nitrogens with one attached hydrogen (secondary N) is 1. The molecule has 112 valence electrons. The van der Waals surface area contributed by atoms with Crippen molar-refractivity contribution in [2.75, 3.05) is 0 Å². The molecule has 2 heterocycles. The number of rotatable bonds is 3. The Morgan fingerprint density at radius 2 is 2.19 bits per heavy atom. The second-order valence-corrected chi connectivity index (χ2v) is 6.54. The third-order valence-corrected chi connectivity index (χ3v) is 3.19. The number of hydrogen-bond acceptors (Lipinski definition) is 4. The van der Waals surface area contributed by atoms with Gasteiger partial charge >= 0.3 is 0 Å². The minimum Gasteiger partial charge on any atom is -0.459 e. The molecule has 0 aliphatic carbocycles. The summed E-state index contributed by atoms with van der Waals surface area (Å²) in [5.41, 5.74) is 0.0512. The van der Waals surface area contributed by atoms with Crippen LogP contribution in [0.2, 0.25) is 0 Å². The highest BCUT2D eigenvalue weighted by molar-refractivity contribution is 6.67. The highest BCUT2D eigenvalue weighted by Crippen LogP contribution is 2.36. The number of aromatic nitrogens is 2. The number of carbonyl (C=O) groups excluding carboxylic acids is 1. The number of carbonyl (C=O) groups is 1. The van der Waals surface area contributed by atoms with Gasteiger partial charge in [0, 0.05) is 11.8 Å². The first kappa shape index (κ1) is 15.9. The van der Waals surface area contributed by atoms with Gasteiger partial charge in [0.25, 0.3) is 11.5 Å². The Hall–Kier alpha value is -1.50. The molecule has 0 saturated heterocycles. The van der Waals surface area contributed by atoms with E-state index in [1.807, 2.05) is 0 Å². The summed E-state index contributed by atoms with van der Waals surface area (Å²) in [6.45, 7) is 1.65. The maximum Gasteiger partial charge on any atom is 0.288 e. The lowest BCUT2D eigenvalue weighted by Gasteiger charge is -2.26. The van der Waals surface area contributed by atoms with E-state index in [1.165, 1.54) is 24.7 Å². The van der Waals surface area contributed by atoms with Crippen LogP contribution in [0, 0.1) is 6.92 Å². The van der Waals surface area contributed by atoms with Crippen molar-refractivity contribution in [3.63, 3.8) is 0 Å². The van der Waals surface area contributed by atoms with Gasteiger partial charge in [0.1, 0.15) is 0 Å². The monoisotopic (exact) mass is 349 g/mol. The zero-order chi connectivity index (χ0) is 15.6. The van der Waals surface area contributed by atoms with Gasteiger partial charge < -0.3 is 9.73 Å². The van der Waals surface area contributed by atoms with Gasteiger partial charge in [-0.15, -0.1) is 0 Å². The Kier molecular flexibility index (Phi) is 4.61. The van der Waals surface area contributed by atoms with Crippen molar-refractivity contribution < 1.29 is 9.21 Å².